The molecule has 3 heteroatoms. The van der Waals surface area contributed by atoms with Crippen LogP contribution in [0.3, 0.4) is 0 Å². The molecule has 1 aromatic carbocycles. The van der Waals surface area contributed by atoms with E-state index in [9.17, 15) is 0 Å². The van der Waals surface area contributed by atoms with E-state index >= 15 is 0 Å². The van der Waals surface area contributed by atoms with Gasteiger partial charge in [-0.3, -0.25) is 0 Å². The predicted octanol–water partition coefficient (Wildman–Crippen LogP) is 3.79. The van der Waals surface area contributed by atoms with Gasteiger partial charge < -0.3 is 4.74 Å². The Bertz CT molecular complexity index is 453. The predicted molar refractivity (Wildman–Crippen MR) is 68.2 cm³/mol. The van der Waals surface area contributed by atoms with Gasteiger partial charge in [0.1, 0.15) is 5.75 Å². The summed E-state index contributed by atoms with van der Waals surface area (Å²) in [6.45, 7) is 1.98. The van der Waals surface area contributed by atoms with Gasteiger partial charge in [0.15, 0.2) is 0 Å². The van der Waals surface area contributed by atoms with E-state index in [0.717, 1.165) is 11.3 Å². The zero-order valence-corrected chi connectivity index (χ0v) is 10.4. The molecule has 0 saturated carbocycles. The Kier molecular flexibility index (Phi) is 3.20. The first-order chi connectivity index (χ1) is 7.25. The van der Waals surface area contributed by atoms with Crippen LogP contribution in [0.1, 0.15) is 5.56 Å². The molecule has 0 aliphatic rings. The van der Waals surface area contributed by atoms with Gasteiger partial charge in [0.25, 0.3) is 0 Å². The monoisotopic (exact) mass is 311 g/mol. The average molecular weight is 311 g/mol. The van der Waals surface area contributed by atoms with E-state index < -0.39 is 0 Å². The fraction of sp³-hybridized carbons (Fsp3) is 0.0833. The summed E-state index contributed by atoms with van der Waals surface area (Å²) in [6, 6.07) is 11.8. The van der Waals surface area contributed by atoms with Crippen molar-refractivity contribution < 1.29 is 4.74 Å². The highest BCUT2D eigenvalue weighted by Crippen LogP contribution is 2.22. The van der Waals surface area contributed by atoms with Crippen LogP contribution >= 0.6 is 22.6 Å². The van der Waals surface area contributed by atoms with E-state index in [-0.39, 0.29) is 0 Å². The van der Waals surface area contributed by atoms with E-state index in [4.69, 9.17) is 4.74 Å². The van der Waals surface area contributed by atoms with Crippen molar-refractivity contribution in [1.82, 2.24) is 4.98 Å². The van der Waals surface area contributed by atoms with Crippen LogP contribution in [0, 0.1) is 10.5 Å². The van der Waals surface area contributed by atoms with Gasteiger partial charge in [-0.15, -0.1) is 0 Å². The standard InChI is InChI=1S/C12H10INO/c1-9-3-2-8-14-12(9)15-11-6-4-10(13)5-7-11/h2-8H,1H3. The van der Waals surface area contributed by atoms with Crippen LogP contribution in [0.25, 0.3) is 0 Å². The third-order valence-electron chi connectivity index (χ3n) is 1.99. The molecular weight excluding hydrogens is 301 g/mol. The fourth-order valence-electron chi connectivity index (χ4n) is 1.19. The number of benzene rings is 1. The van der Waals surface area contributed by atoms with Crippen LogP contribution in [0.4, 0.5) is 0 Å². The maximum Gasteiger partial charge on any atom is 0.222 e. The van der Waals surface area contributed by atoms with E-state index in [1.54, 1.807) is 6.20 Å². The third-order valence-corrected chi connectivity index (χ3v) is 2.71. The highest BCUT2D eigenvalue weighted by molar-refractivity contribution is 14.1. The van der Waals surface area contributed by atoms with Gasteiger partial charge in [-0.2, -0.15) is 0 Å². The molecule has 0 aliphatic heterocycles. The Balaban J connectivity index is 2.22. The van der Waals surface area contributed by atoms with Crippen molar-refractivity contribution in [3.8, 4) is 11.6 Å². The lowest BCUT2D eigenvalue weighted by Crippen LogP contribution is -1.90. The molecule has 0 unspecified atom stereocenters. The SMILES string of the molecule is Cc1cccnc1Oc1ccc(I)cc1. The van der Waals surface area contributed by atoms with Gasteiger partial charge in [0.2, 0.25) is 5.88 Å². The second kappa shape index (κ2) is 4.61. The number of pyridine rings is 1. The minimum Gasteiger partial charge on any atom is -0.439 e. The number of rotatable bonds is 2. The minimum atomic E-state index is 0.665. The van der Waals surface area contributed by atoms with Gasteiger partial charge >= 0.3 is 0 Å². The molecule has 0 bridgehead atoms. The lowest BCUT2D eigenvalue weighted by atomic mass is 10.3. The van der Waals surface area contributed by atoms with Gasteiger partial charge in [0.05, 0.1) is 0 Å². The summed E-state index contributed by atoms with van der Waals surface area (Å²) in [5.41, 5.74) is 1.04. The summed E-state index contributed by atoms with van der Waals surface area (Å²) in [5, 5.41) is 0. The minimum absolute atomic E-state index is 0.665. The number of nitrogens with zero attached hydrogens (tertiary/aromatic N) is 1. The number of halogens is 1. The topological polar surface area (TPSA) is 22.1 Å². The molecule has 1 aromatic heterocycles. The van der Waals surface area contributed by atoms with Crippen molar-refractivity contribution >= 4 is 22.6 Å². The lowest BCUT2D eigenvalue weighted by Gasteiger charge is -2.06. The first-order valence-corrected chi connectivity index (χ1v) is 5.68. The maximum atomic E-state index is 5.65. The van der Waals surface area contributed by atoms with Crippen molar-refractivity contribution in [3.63, 3.8) is 0 Å². The molecule has 2 nitrogen and oxygen atoms in total. The zero-order chi connectivity index (χ0) is 10.7. The first-order valence-electron chi connectivity index (χ1n) is 4.61. The molecular formula is C12H10INO. The van der Waals surface area contributed by atoms with Gasteiger partial charge in [0, 0.05) is 15.3 Å². The van der Waals surface area contributed by atoms with E-state index in [1.165, 1.54) is 3.57 Å². The van der Waals surface area contributed by atoms with Gasteiger partial charge in [-0.1, -0.05) is 6.07 Å². The molecule has 1 heterocycles. The molecule has 15 heavy (non-hydrogen) atoms. The molecule has 0 fully saturated rings. The number of aromatic nitrogens is 1. The molecule has 0 saturated heterocycles. The van der Waals surface area contributed by atoms with Crippen LogP contribution in [0.15, 0.2) is 42.6 Å². The highest BCUT2D eigenvalue weighted by atomic mass is 127. The summed E-state index contributed by atoms with van der Waals surface area (Å²) < 4.78 is 6.84. The molecule has 0 spiro atoms. The van der Waals surface area contributed by atoms with Gasteiger partial charge in [-0.25, -0.2) is 4.98 Å². The Labute approximate surface area is 102 Å². The van der Waals surface area contributed by atoms with Crippen molar-refractivity contribution in [3.05, 3.63) is 51.7 Å². The summed E-state index contributed by atoms with van der Waals surface area (Å²) in [7, 11) is 0. The largest absolute Gasteiger partial charge is 0.439 e. The molecule has 0 atom stereocenters. The average Bonchev–Trinajstić information content (AvgIpc) is 2.25. The number of hydrogen-bond acceptors (Lipinski definition) is 2. The third kappa shape index (κ3) is 2.68. The molecule has 2 rings (SSSR count). The second-order valence-electron chi connectivity index (χ2n) is 3.18. The fourth-order valence-corrected chi connectivity index (χ4v) is 1.55. The molecule has 0 aliphatic carbocycles. The van der Waals surface area contributed by atoms with Crippen molar-refractivity contribution in [2.45, 2.75) is 6.92 Å². The van der Waals surface area contributed by atoms with E-state index in [1.807, 2.05) is 43.3 Å². The van der Waals surface area contributed by atoms with Crippen molar-refractivity contribution in [1.29, 1.82) is 0 Å². The quantitative estimate of drug-likeness (QED) is 0.787. The van der Waals surface area contributed by atoms with Crippen LogP contribution in [0.2, 0.25) is 0 Å². The van der Waals surface area contributed by atoms with E-state index in [0.29, 0.717) is 5.88 Å². The number of hydrogen-bond donors (Lipinski definition) is 0. The lowest BCUT2D eigenvalue weighted by molar-refractivity contribution is 0.459. The summed E-state index contributed by atoms with van der Waals surface area (Å²) >= 11 is 2.26. The molecule has 76 valence electrons. The summed E-state index contributed by atoms with van der Waals surface area (Å²) in [4.78, 5) is 4.17. The van der Waals surface area contributed by atoms with Crippen LogP contribution in [0.5, 0.6) is 11.6 Å². The first kappa shape index (κ1) is 10.4. The summed E-state index contributed by atoms with van der Waals surface area (Å²) in [5.74, 6) is 1.48. The van der Waals surface area contributed by atoms with Crippen LogP contribution < -0.4 is 4.74 Å². The Morgan fingerprint density at radius 1 is 1.13 bits per heavy atom. The highest BCUT2D eigenvalue weighted by Gasteiger charge is 2.00. The van der Waals surface area contributed by atoms with Crippen LogP contribution in [-0.2, 0) is 0 Å². The normalized spacial score (nSPS) is 10.0. The van der Waals surface area contributed by atoms with Gasteiger partial charge in [-0.05, 0) is 59.8 Å². The Morgan fingerprint density at radius 2 is 1.87 bits per heavy atom. The molecule has 0 N–H and O–H groups in total. The zero-order valence-electron chi connectivity index (χ0n) is 8.27. The Hall–Kier alpha value is -1.10. The maximum absolute atomic E-state index is 5.65. The molecule has 0 radical (unpaired) electrons. The van der Waals surface area contributed by atoms with Crippen molar-refractivity contribution in [2.75, 3.05) is 0 Å². The van der Waals surface area contributed by atoms with Crippen LogP contribution in [-0.4, -0.2) is 4.98 Å². The molecule has 2 aromatic rings. The number of ether oxygens (including phenoxy) is 1. The van der Waals surface area contributed by atoms with E-state index in [2.05, 4.69) is 27.6 Å². The number of aryl methyl sites for hydroxylation is 1. The van der Waals surface area contributed by atoms with Crippen molar-refractivity contribution in [2.24, 2.45) is 0 Å². The summed E-state index contributed by atoms with van der Waals surface area (Å²) in [6.07, 6.45) is 1.73. The Morgan fingerprint density at radius 3 is 2.53 bits per heavy atom. The second-order valence-corrected chi connectivity index (χ2v) is 4.43. The molecule has 0 amide bonds. The smallest absolute Gasteiger partial charge is 0.222 e.